The third kappa shape index (κ3) is 4.39. The second-order valence-electron chi connectivity index (χ2n) is 7.10. The molecule has 0 aliphatic heterocycles. The fourth-order valence-corrected chi connectivity index (χ4v) is 5.57. The van der Waals surface area contributed by atoms with E-state index in [2.05, 4.69) is 15.0 Å². The molecule has 5 rings (SSSR count). The summed E-state index contributed by atoms with van der Waals surface area (Å²) in [5, 5.41) is 0.856. The average Bonchev–Trinajstić information content (AvgIpc) is 3.15. The Morgan fingerprint density at radius 2 is 1.97 bits per heavy atom. The molecule has 0 bridgehead atoms. The molecule has 1 aromatic carbocycles. The van der Waals surface area contributed by atoms with Gasteiger partial charge in [-0.2, -0.15) is 0 Å². The number of aromatic nitrogens is 5. The zero-order chi connectivity index (χ0) is 23.8. The van der Waals surface area contributed by atoms with E-state index < -0.39 is 0 Å². The number of aromatic amines is 1. The minimum Gasteiger partial charge on any atom is -0.494 e. The predicted molar refractivity (Wildman–Crippen MR) is 138 cm³/mol. The van der Waals surface area contributed by atoms with E-state index in [9.17, 15) is 9.59 Å². The van der Waals surface area contributed by atoms with E-state index in [0.717, 1.165) is 11.4 Å². The summed E-state index contributed by atoms with van der Waals surface area (Å²) in [6.07, 6.45) is 1.53. The molecule has 4 aromatic heterocycles. The molecule has 0 radical (unpaired) electrons. The first-order chi connectivity index (χ1) is 16.4. The van der Waals surface area contributed by atoms with Crippen LogP contribution >= 0.6 is 46.9 Å². The molecule has 12 heteroatoms. The molecule has 4 heterocycles. The predicted octanol–water partition coefficient (Wildman–Crippen LogP) is 4.86. The van der Waals surface area contributed by atoms with Crippen LogP contribution in [0.5, 0.6) is 5.75 Å². The summed E-state index contributed by atoms with van der Waals surface area (Å²) < 4.78 is 9.63. The number of benzene rings is 1. The van der Waals surface area contributed by atoms with Crippen molar-refractivity contribution in [3.8, 4) is 11.4 Å². The van der Waals surface area contributed by atoms with Crippen molar-refractivity contribution in [1.29, 1.82) is 0 Å². The number of nitrogens with zero attached hydrogens (tertiary/aromatic N) is 4. The fraction of sp³-hybridized carbons (Fsp3) is 0.136. The minimum atomic E-state index is -0.269. The van der Waals surface area contributed by atoms with Crippen molar-refractivity contribution in [3.63, 3.8) is 0 Å². The zero-order valence-corrected chi connectivity index (χ0v) is 20.9. The highest BCUT2D eigenvalue weighted by Gasteiger charge is 2.14. The minimum absolute atomic E-state index is 0.234. The van der Waals surface area contributed by atoms with Gasteiger partial charge in [0, 0.05) is 23.7 Å². The molecular formula is C22H16ClN5O3S3. The van der Waals surface area contributed by atoms with Gasteiger partial charge in [-0.05, 0) is 55.5 Å². The molecule has 0 unspecified atom stereocenters. The van der Waals surface area contributed by atoms with E-state index in [1.165, 1.54) is 39.8 Å². The molecule has 5 aromatic rings. The van der Waals surface area contributed by atoms with Crippen LogP contribution in [0.4, 0.5) is 0 Å². The first-order valence-electron chi connectivity index (χ1n) is 10.1. The summed E-state index contributed by atoms with van der Waals surface area (Å²) in [5.41, 5.74) is 1.82. The van der Waals surface area contributed by atoms with E-state index in [1.54, 1.807) is 16.7 Å². The number of hydrogen-bond acceptors (Lipinski definition) is 8. The molecule has 0 saturated carbocycles. The SMILES string of the molecule is CCOc1ccc(-n2c(=S)sc3c(=O)[nH]c(SCc4cc(=O)n5cc(Cl)ccc5n4)nc32)cc1. The van der Waals surface area contributed by atoms with E-state index in [1.807, 2.05) is 31.2 Å². The van der Waals surface area contributed by atoms with Crippen LogP contribution in [0.1, 0.15) is 12.6 Å². The molecule has 1 N–H and O–H groups in total. The Balaban J connectivity index is 1.49. The number of rotatable bonds is 6. The number of ether oxygens (including phenoxy) is 1. The summed E-state index contributed by atoms with van der Waals surface area (Å²) in [5.74, 6) is 1.09. The Bertz CT molecular complexity index is 1710. The molecule has 0 spiro atoms. The van der Waals surface area contributed by atoms with Gasteiger partial charge in [0.1, 0.15) is 16.1 Å². The highest BCUT2D eigenvalue weighted by molar-refractivity contribution is 7.98. The lowest BCUT2D eigenvalue weighted by Crippen LogP contribution is -2.15. The number of pyridine rings is 1. The number of thiazole rings is 1. The van der Waals surface area contributed by atoms with Gasteiger partial charge in [0.05, 0.1) is 17.3 Å². The fourth-order valence-electron chi connectivity index (χ4n) is 3.39. The lowest BCUT2D eigenvalue weighted by Gasteiger charge is -2.08. The molecule has 0 aliphatic rings. The highest BCUT2D eigenvalue weighted by Crippen LogP contribution is 2.26. The molecule has 0 aliphatic carbocycles. The Hall–Kier alpha value is -2.99. The Morgan fingerprint density at radius 1 is 1.18 bits per heavy atom. The molecule has 0 saturated heterocycles. The molecule has 172 valence electrons. The summed E-state index contributed by atoms with van der Waals surface area (Å²) in [7, 11) is 0. The van der Waals surface area contributed by atoms with Crippen LogP contribution in [0.15, 0.2) is 63.4 Å². The molecule has 0 fully saturated rings. The van der Waals surface area contributed by atoms with Gasteiger partial charge in [0.15, 0.2) is 14.8 Å². The topological polar surface area (TPSA) is 94.3 Å². The monoisotopic (exact) mass is 529 g/mol. The van der Waals surface area contributed by atoms with Crippen molar-refractivity contribution in [3.05, 3.63) is 84.0 Å². The van der Waals surface area contributed by atoms with Gasteiger partial charge in [0.25, 0.3) is 11.1 Å². The van der Waals surface area contributed by atoms with Crippen LogP contribution in [0.2, 0.25) is 5.02 Å². The maximum Gasteiger partial charge on any atom is 0.271 e. The normalized spacial score (nSPS) is 11.4. The molecule has 0 amide bonds. The molecular weight excluding hydrogens is 514 g/mol. The van der Waals surface area contributed by atoms with Gasteiger partial charge in [-0.3, -0.25) is 18.6 Å². The summed E-state index contributed by atoms with van der Waals surface area (Å²) >= 11 is 14.0. The van der Waals surface area contributed by atoms with Crippen molar-refractivity contribution in [2.24, 2.45) is 0 Å². The summed E-state index contributed by atoms with van der Waals surface area (Å²) in [6.45, 7) is 2.50. The number of nitrogens with one attached hydrogen (secondary N) is 1. The van der Waals surface area contributed by atoms with Crippen molar-refractivity contribution in [2.45, 2.75) is 17.8 Å². The second-order valence-corrected chi connectivity index (χ2v) is 10.1. The first-order valence-corrected chi connectivity index (χ1v) is 12.7. The lowest BCUT2D eigenvalue weighted by molar-refractivity contribution is 0.340. The number of H-pyrrole nitrogens is 1. The third-order valence-corrected chi connectivity index (χ3v) is 7.35. The number of hydrogen-bond donors (Lipinski definition) is 1. The Morgan fingerprint density at radius 3 is 2.74 bits per heavy atom. The van der Waals surface area contributed by atoms with Crippen molar-refractivity contribution < 1.29 is 4.74 Å². The quantitative estimate of drug-likeness (QED) is 0.191. The largest absolute Gasteiger partial charge is 0.494 e. The van der Waals surface area contributed by atoms with E-state index in [0.29, 0.717) is 48.2 Å². The van der Waals surface area contributed by atoms with Crippen LogP contribution in [0.3, 0.4) is 0 Å². The van der Waals surface area contributed by atoms with Crippen LogP contribution in [-0.2, 0) is 5.75 Å². The molecule has 0 atom stereocenters. The average molecular weight is 530 g/mol. The van der Waals surface area contributed by atoms with E-state index in [-0.39, 0.29) is 11.1 Å². The second kappa shape index (κ2) is 9.34. The smallest absolute Gasteiger partial charge is 0.271 e. The van der Waals surface area contributed by atoms with Gasteiger partial charge in [0.2, 0.25) is 0 Å². The molecule has 8 nitrogen and oxygen atoms in total. The van der Waals surface area contributed by atoms with E-state index >= 15 is 0 Å². The van der Waals surface area contributed by atoms with Crippen LogP contribution in [0, 0.1) is 3.95 Å². The van der Waals surface area contributed by atoms with Gasteiger partial charge < -0.3 is 9.72 Å². The summed E-state index contributed by atoms with van der Waals surface area (Å²) in [6, 6.07) is 12.3. The van der Waals surface area contributed by atoms with Gasteiger partial charge in [-0.1, -0.05) is 34.7 Å². The van der Waals surface area contributed by atoms with Gasteiger partial charge in [-0.15, -0.1) is 0 Å². The van der Waals surface area contributed by atoms with Gasteiger partial charge >= 0.3 is 0 Å². The Labute approximate surface area is 210 Å². The van der Waals surface area contributed by atoms with E-state index in [4.69, 9.17) is 28.6 Å². The number of halogens is 1. The standard InChI is InChI=1S/C22H16ClN5O3S3/c1-2-31-15-6-4-14(5-7-15)28-19-18(34-22(28)32)20(30)26-21(25-19)33-11-13-9-17(29)27-10-12(23)3-8-16(27)24-13/h3-10H,2,11H2,1H3,(H,25,26,30). The van der Waals surface area contributed by atoms with Crippen LogP contribution in [-0.4, -0.2) is 30.5 Å². The maximum absolute atomic E-state index is 12.7. The zero-order valence-electron chi connectivity index (χ0n) is 17.6. The Kier molecular flexibility index (Phi) is 6.26. The van der Waals surface area contributed by atoms with Gasteiger partial charge in [-0.25, -0.2) is 9.97 Å². The van der Waals surface area contributed by atoms with Crippen LogP contribution < -0.4 is 15.9 Å². The van der Waals surface area contributed by atoms with Crippen LogP contribution in [0.25, 0.3) is 21.7 Å². The van der Waals surface area contributed by atoms with Crippen molar-refractivity contribution in [2.75, 3.05) is 6.61 Å². The number of fused-ring (bicyclic) bond motifs is 2. The summed E-state index contributed by atoms with van der Waals surface area (Å²) in [4.78, 5) is 37.1. The maximum atomic E-state index is 12.7. The third-order valence-electron chi connectivity index (χ3n) is 4.86. The van der Waals surface area contributed by atoms with Crippen molar-refractivity contribution >= 4 is 62.9 Å². The lowest BCUT2D eigenvalue weighted by atomic mass is 10.3. The molecule has 34 heavy (non-hydrogen) atoms. The highest BCUT2D eigenvalue weighted by atomic mass is 35.5. The first kappa shape index (κ1) is 22.8. The van der Waals surface area contributed by atoms with Crippen molar-refractivity contribution in [1.82, 2.24) is 23.9 Å². The number of thioether (sulfide) groups is 1.